The van der Waals surface area contributed by atoms with Gasteiger partial charge in [-0.3, -0.25) is 4.68 Å². The van der Waals surface area contributed by atoms with Gasteiger partial charge in [0.1, 0.15) is 5.82 Å². The Labute approximate surface area is 133 Å². The molecule has 1 N–H and O–H groups in total. The molecule has 5 nitrogen and oxygen atoms in total. The van der Waals surface area contributed by atoms with Gasteiger partial charge in [0.2, 0.25) is 0 Å². The van der Waals surface area contributed by atoms with Crippen LogP contribution in [0.2, 0.25) is 0 Å². The van der Waals surface area contributed by atoms with E-state index in [-0.39, 0.29) is 11.9 Å². The van der Waals surface area contributed by atoms with Crippen LogP contribution in [0.5, 0.6) is 0 Å². The summed E-state index contributed by atoms with van der Waals surface area (Å²) >= 11 is 0. The molecule has 3 aromatic rings. The Morgan fingerprint density at radius 1 is 1.22 bits per heavy atom. The highest BCUT2D eigenvalue weighted by Gasteiger charge is 2.33. The summed E-state index contributed by atoms with van der Waals surface area (Å²) in [6, 6.07) is 8.45. The number of halogens is 1. The van der Waals surface area contributed by atoms with Crippen LogP contribution in [0.25, 0.3) is 11.0 Å². The third-order valence-corrected chi connectivity index (χ3v) is 4.46. The van der Waals surface area contributed by atoms with Crippen LogP contribution in [-0.4, -0.2) is 32.5 Å². The van der Waals surface area contributed by atoms with Crippen LogP contribution >= 0.6 is 0 Å². The minimum atomic E-state index is -0.412. The number of benzene rings is 1. The number of pyridine rings is 1. The standard InChI is InChI=1S/C17H17FN4O/c1-21-17-14(9-20-21)15(6-7-19-17)22-10-13(23)8-16(22)11-2-4-12(18)5-3-11/h2-7,9,13,16,23H,8,10H2,1H3/t13-,16+/m0/s1. The Bertz CT molecular complexity index is 845. The van der Waals surface area contributed by atoms with E-state index < -0.39 is 6.10 Å². The van der Waals surface area contributed by atoms with E-state index >= 15 is 0 Å². The maximum absolute atomic E-state index is 13.2. The second-order valence-electron chi connectivity index (χ2n) is 5.94. The van der Waals surface area contributed by atoms with Gasteiger partial charge in [0.05, 0.1) is 29.4 Å². The number of rotatable bonds is 2. The Morgan fingerprint density at radius 3 is 2.78 bits per heavy atom. The lowest BCUT2D eigenvalue weighted by Crippen LogP contribution is -2.24. The maximum Gasteiger partial charge on any atom is 0.159 e. The molecule has 1 saturated heterocycles. The van der Waals surface area contributed by atoms with E-state index in [4.69, 9.17) is 0 Å². The van der Waals surface area contributed by atoms with Gasteiger partial charge in [-0.25, -0.2) is 9.37 Å². The predicted molar refractivity (Wildman–Crippen MR) is 85.6 cm³/mol. The number of nitrogens with zero attached hydrogens (tertiary/aromatic N) is 4. The number of aryl methyl sites for hydroxylation is 1. The molecule has 6 heteroatoms. The van der Waals surface area contributed by atoms with Gasteiger partial charge >= 0.3 is 0 Å². The number of anilines is 1. The van der Waals surface area contributed by atoms with E-state index in [2.05, 4.69) is 15.0 Å². The molecule has 1 aliphatic heterocycles. The first-order chi connectivity index (χ1) is 11.1. The minimum absolute atomic E-state index is 0.0106. The van der Waals surface area contributed by atoms with E-state index in [1.54, 1.807) is 29.2 Å². The number of aliphatic hydroxyl groups is 1. The van der Waals surface area contributed by atoms with Crippen LogP contribution in [-0.2, 0) is 7.05 Å². The number of aromatic nitrogens is 3. The fourth-order valence-corrected chi connectivity index (χ4v) is 3.36. The summed E-state index contributed by atoms with van der Waals surface area (Å²) in [6.45, 7) is 0.538. The van der Waals surface area contributed by atoms with Gasteiger partial charge in [0, 0.05) is 19.8 Å². The highest BCUT2D eigenvalue weighted by Crippen LogP contribution is 2.38. The zero-order valence-electron chi connectivity index (χ0n) is 12.7. The molecule has 0 radical (unpaired) electrons. The van der Waals surface area contributed by atoms with E-state index in [0.717, 1.165) is 22.3 Å². The molecule has 118 valence electrons. The molecule has 1 fully saturated rings. The molecular formula is C17H17FN4O. The van der Waals surface area contributed by atoms with Gasteiger partial charge in [-0.15, -0.1) is 0 Å². The Hall–Kier alpha value is -2.47. The third kappa shape index (κ3) is 2.35. The predicted octanol–water partition coefficient (Wildman–Crippen LogP) is 2.42. The Kier molecular flexibility index (Phi) is 3.27. The molecule has 0 saturated carbocycles. The van der Waals surface area contributed by atoms with Crippen molar-refractivity contribution in [3.05, 3.63) is 54.1 Å². The summed E-state index contributed by atoms with van der Waals surface area (Å²) in [5.74, 6) is -0.252. The van der Waals surface area contributed by atoms with E-state index in [9.17, 15) is 9.50 Å². The van der Waals surface area contributed by atoms with Crippen molar-refractivity contribution in [2.45, 2.75) is 18.6 Å². The minimum Gasteiger partial charge on any atom is -0.391 e. The zero-order chi connectivity index (χ0) is 16.0. The molecule has 3 heterocycles. The fourth-order valence-electron chi connectivity index (χ4n) is 3.36. The molecule has 4 rings (SSSR count). The van der Waals surface area contributed by atoms with Crippen molar-refractivity contribution in [1.29, 1.82) is 0 Å². The first kappa shape index (κ1) is 14.1. The molecule has 0 unspecified atom stereocenters. The number of hydrogen-bond donors (Lipinski definition) is 1. The third-order valence-electron chi connectivity index (χ3n) is 4.46. The number of aliphatic hydroxyl groups excluding tert-OH is 1. The molecule has 0 spiro atoms. The molecule has 23 heavy (non-hydrogen) atoms. The van der Waals surface area contributed by atoms with E-state index in [1.807, 2.05) is 13.1 Å². The topological polar surface area (TPSA) is 54.2 Å². The summed E-state index contributed by atoms with van der Waals surface area (Å²) in [4.78, 5) is 6.52. The smallest absolute Gasteiger partial charge is 0.159 e. The van der Waals surface area contributed by atoms with Crippen LogP contribution in [0.4, 0.5) is 10.1 Å². The van der Waals surface area contributed by atoms with Gasteiger partial charge in [-0.1, -0.05) is 12.1 Å². The summed E-state index contributed by atoms with van der Waals surface area (Å²) in [7, 11) is 1.86. The van der Waals surface area contributed by atoms with Crippen molar-refractivity contribution in [2.75, 3.05) is 11.4 Å². The molecule has 2 atom stereocenters. The number of hydrogen-bond acceptors (Lipinski definition) is 4. The molecule has 0 bridgehead atoms. The normalized spacial score (nSPS) is 21.3. The Morgan fingerprint density at radius 2 is 2.00 bits per heavy atom. The van der Waals surface area contributed by atoms with Crippen molar-refractivity contribution in [3.8, 4) is 0 Å². The highest BCUT2D eigenvalue weighted by molar-refractivity contribution is 5.89. The molecule has 2 aromatic heterocycles. The summed E-state index contributed by atoms with van der Waals surface area (Å²) in [5.41, 5.74) is 2.80. The lowest BCUT2D eigenvalue weighted by molar-refractivity contribution is 0.194. The van der Waals surface area contributed by atoms with Gasteiger partial charge in [0.15, 0.2) is 5.65 Å². The van der Waals surface area contributed by atoms with Crippen molar-refractivity contribution >= 4 is 16.7 Å². The monoisotopic (exact) mass is 312 g/mol. The quantitative estimate of drug-likeness (QED) is 0.789. The van der Waals surface area contributed by atoms with Crippen molar-refractivity contribution in [1.82, 2.24) is 14.8 Å². The lowest BCUT2D eigenvalue weighted by atomic mass is 10.0. The molecule has 1 aliphatic rings. The number of fused-ring (bicyclic) bond motifs is 1. The molecule has 0 amide bonds. The second kappa shape index (κ2) is 5.31. The fraction of sp³-hybridized carbons (Fsp3) is 0.294. The Balaban J connectivity index is 1.80. The first-order valence-electron chi connectivity index (χ1n) is 7.60. The van der Waals surface area contributed by atoms with Gasteiger partial charge in [0.25, 0.3) is 0 Å². The van der Waals surface area contributed by atoms with Gasteiger partial charge in [-0.05, 0) is 30.2 Å². The van der Waals surface area contributed by atoms with Crippen LogP contribution < -0.4 is 4.90 Å². The average molecular weight is 312 g/mol. The second-order valence-corrected chi connectivity index (χ2v) is 5.94. The number of β-amino-alcohol motifs (C(OH)–C–C–N with tert-alkyl or cyclic N) is 1. The average Bonchev–Trinajstić information content (AvgIpc) is 3.12. The van der Waals surface area contributed by atoms with Gasteiger partial charge < -0.3 is 10.0 Å². The SMILES string of the molecule is Cn1ncc2c(N3C[C@@H](O)C[C@@H]3c3ccc(F)cc3)ccnc21. The van der Waals surface area contributed by atoms with Crippen molar-refractivity contribution in [3.63, 3.8) is 0 Å². The van der Waals surface area contributed by atoms with E-state index in [1.165, 1.54) is 12.1 Å². The lowest BCUT2D eigenvalue weighted by Gasteiger charge is -2.27. The van der Waals surface area contributed by atoms with Crippen LogP contribution in [0.3, 0.4) is 0 Å². The maximum atomic E-state index is 13.2. The van der Waals surface area contributed by atoms with Gasteiger partial charge in [-0.2, -0.15) is 5.10 Å². The van der Waals surface area contributed by atoms with Crippen LogP contribution in [0.15, 0.2) is 42.7 Å². The first-order valence-corrected chi connectivity index (χ1v) is 7.60. The molecule has 0 aliphatic carbocycles. The van der Waals surface area contributed by atoms with E-state index in [0.29, 0.717) is 13.0 Å². The molecular weight excluding hydrogens is 295 g/mol. The summed E-state index contributed by atoms with van der Waals surface area (Å²) < 4.78 is 14.9. The largest absolute Gasteiger partial charge is 0.391 e. The molecule has 1 aromatic carbocycles. The van der Waals surface area contributed by atoms with Crippen LogP contribution in [0, 0.1) is 5.82 Å². The zero-order valence-corrected chi connectivity index (χ0v) is 12.7. The summed E-state index contributed by atoms with van der Waals surface area (Å²) in [6.07, 6.45) is 3.76. The summed E-state index contributed by atoms with van der Waals surface area (Å²) in [5, 5.41) is 15.4. The van der Waals surface area contributed by atoms with Crippen molar-refractivity contribution < 1.29 is 9.50 Å². The van der Waals surface area contributed by atoms with Crippen molar-refractivity contribution in [2.24, 2.45) is 7.05 Å². The highest BCUT2D eigenvalue weighted by atomic mass is 19.1. The van der Waals surface area contributed by atoms with Crippen LogP contribution in [0.1, 0.15) is 18.0 Å².